The van der Waals surface area contributed by atoms with Crippen molar-refractivity contribution in [2.75, 3.05) is 5.32 Å². The Kier molecular flexibility index (Phi) is 5.64. The number of aryl methyl sites for hydroxylation is 1. The number of halogens is 1. The first kappa shape index (κ1) is 19.0. The van der Waals surface area contributed by atoms with E-state index in [2.05, 4.69) is 10.4 Å². The van der Waals surface area contributed by atoms with Gasteiger partial charge in [0.1, 0.15) is 5.82 Å². The molecule has 0 radical (unpaired) electrons. The van der Waals surface area contributed by atoms with Crippen LogP contribution in [0.5, 0.6) is 0 Å². The summed E-state index contributed by atoms with van der Waals surface area (Å²) in [6.45, 7) is 0. The third kappa shape index (κ3) is 4.70. The van der Waals surface area contributed by atoms with Crippen LogP contribution in [0, 0.1) is 5.82 Å². The molecule has 1 aromatic heterocycles. The van der Waals surface area contributed by atoms with Crippen molar-refractivity contribution in [1.82, 2.24) is 9.78 Å². The zero-order chi connectivity index (χ0) is 20.1. The van der Waals surface area contributed by atoms with Gasteiger partial charge in [0, 0.05) is 29.9 Å². The zero-order valence-corrected chi connectivity index (χ0v) is 15.2. The largest absolute Gasteiger partial charge is 0.369 e. The van der Waals surface area contributed by atoms with E-state index in [4.69, 9.17) is 5.73 Å². The van der Waals surface area contributed by atoms with Crippen LogP contribution >= 0.6 is 0 Å². The van der Waals surface area contributed by atoms with E-state index in [1.165, 1.54) is 18.2 Å². The quantitative estimate of drug-likeness (QED) is 0.646. The van der Waals surface area contributed by atoms with Gasteiger partial charge in [0.15, 0.2) is 0 Å². The second kappa shape index (κ2) is 8.30. The highest BCUT2D eigenvalue weighted by molar-refractivity contribution is 6.02. The average molecular weight is 378 g/mol. The third-order valence-electron chi connectivity index (χ3n) is 4.10. The Morgan fingerprint density at radius 3 is 2.46 bits per heavy atom. The fraction of sp³-hybridized carbons (Fsp3) is 0.0952. The van der Waals surface area contributed by atoms with Gasteiger partial charge in [-0.25, -0.2) is 4.39 Å². The van der Waals surface area contributed by atoms with E-state index in [1.807, 2.05) is 0 Å². The van der Waals surface area contributed by atoms with Crippen molar-refractivity contribution < 1.29 is 14.0 Å². The minimum Gasteiger partial charge on any atom is -0.369 e. The van der Waals surface area contributed by atoms with Crippen molar-refractivity contribution in [1.29, 1.82) is 0 Å². The van der Waals surface area contributed by atoms with Gasteiger partial charge in [-0.2, -0.15) is 5.10 Å². The molecule has 0 saturated carbocycles. The summed E-state index contributed by atoms with van der Waals surface area (Å²) in [5.74, 6) is -1.03. The molecule has 3 N–H and O–H groups in total. The Labute approximate surface area is 161 Å². The number of amides is 2. The van der Waals surface area contributed by atoms with Gasteiger partial charge in [0.05, 0.1) is 18.3 Å². The summed E-state index contributed by atoms with van der Waals surface area (Å²) >= 11 is 0. The number of nitrogens with one attached hydrogen (secondary N) is 1. The SMILES string of the molecule is Cn1ncc(/C=C/C(=O)Nc2ccc(CC(N)=O)cc2)c1-c1ccc(F)cc1. The number of hydrogen-bond acceptors (Lipinski definition) is 3. The lowest BCUT2D eigenvalue weighted by Gasteiger charge is -2.05. The van der Waals surface area contributed by atoms with Crippen molar-refractivity contribution in [3.8, 4) is 11.3 Å². The lowest BCUT2D eigenvalue weighted by atomic mass is 10.1. The maximum absolute atomic E-state index is 13.2. The first-order valence-electron chi connectivity index (χ1n) is 8.56. The Balaban J connectivity index is 1.71. The van der Waals surface area contributed by atoms with E-state index in [-0.39, 0.29) is 18.1 Å². The highest BCUT2D eigenvalue weighted by atomic mass is 19.1. The molecule has 0 unspecified atom stereocenters. The topological polar surface area (TPSA) is 90.0 Å². The van der Waals surface area contributed by atoms with Gasteiger partial charge >= 0.3 is 0 Å². The van der Waals surface area contributed by atoms with Gasteiger partial charge < -0.3 is 11.1 Å². The lowest BCUT2D eigenvalue weighted by molar-refractivity contribution is -0.117. The number of anilines is 1. The molecule has 0 aliphatic rings. The van der Waals surface area contributed by atoms with Crippen molar-refractivity contribution in [2.24, 2.45) is 12.8 Å². The molecule has 28 heavy (non-hydrogen) atoms. The molecule has 0 atom stereocenters. The Bertz CT molecular complexity index is 1020. The summed E-state index contributed by atoms with van der Waals surface area (Å²) in [6, 6.07) is 13.0. The number of carbonyl (C=O) groups excluding carboxylic acids is 2. The molecule has 3 rings (SSSR count). The highest BCUT2D eigenvalue weighted by Crippen LogP contribution is 2.24. The molecule has 2 amide bonds. The molecule has 0 aliphatic carbocycles. The van der Waals surface area contributed by atoms with Crippen molar-refractivity contribution >= 4 is 23.6 Å². The van der Waals surface area contributed by atoms with Crippen LogP contribution in [0.15, 0.2) is 60.8 Å². The van der Waals surface area contributed by atoms with E-state index in [0.717, 1.165) is 22.4 Å². The summed E-state index contributed by atoms with van der Waals surface area (Å²) in [6.07, 6.45) is 4.85. The van der Waals surface area contributed by atoms with Crippen molar-refractivity contribution in [3.05, 3.63) is 77.7 Å². The summed E-state index contributed by atoms with van der Waals surface area (Å²) in [4.78, 5) is 23.1. The van der Waals surface area contributed by atoms with Gasteiger partial charge in [0.25, 0.3) is 0 Å². The number of benzene rings is 2. The molecular weight excluding hydrogens is 359 g/mol. The smallest absolute Gasteiger partial charge is 0.248 e. The highest BCUT2D eigenvalue weighted by Gasteiger charge is 2.09. The number of aromatic nitrogens is 2. The summed E-state index contributed by atoms with van der Waals surface area (Å²) < 4.78 is 14.8. The van der Waals surface area contributed by atoms with Gasteiger partial charge in [0.2, 0.25) is 11.8 Å². The maximum Gasteiger partial charge on any atom is 0.248 e. The van der Waals surface area contributed by atoms with Gasteiger partial charge in [-0.3, -0.25) is 14.3 Å². The van der Waals surface area contributed by atoms with Crippen molar-refractivity contribution in [3.63, 3.8) is 0 Å². The Hall–Kier alpha value is -3.74. The molecular formula is C21H19FN4O2. The fourth-order valence-corrected chi connectivity index (χ4v) is 2.79. The van der Waals surface area contributed by atoms with Crippen molar-refractivity contribution in [2.45, 2.75) is 6.42 Å². The number of nitrogens with two attached hydrogens (primary N) is 1. The Morgan fingerprint density at radius 2 is 1.82 bits per heavy atom. The van der Waals surface area contributed by atoms with Crippen LogP contribution in [0.25, 0.3) is 17.3 Å². The van der Waals surface area contributed by atoms with E-state index in [0.29, 0.717) is 5.69 Å². The summed E-state index contributed by atoms with van der Waals surface area (Å²) in [7, 11) is 1.78. The van der Waals surface area contributed by atoms with Crippen LogP contribution in [0.3, 0.4) is 0 Å². The van der Waals surface area contributed by atoms with Crippen LogP contribution < -0.4 is 11.1 Å². The van der Waals surface area contributed by atoms with Gasteiger partial charge in [-0.05, 0) is 48.0 Å². The second-order valence-corrected chi connectivity index (χ2v) is 6.24. The van der Waals surface area contributed by atoms with Crippen LogP contribution in [0.4, 0.5) is 10.1 Å². The third-order valence-corrected chi connectivity index (χ3v) is 4.10. The molecule has 7 heteroatoms. The molecule has 1 heterocycles. The predicted octanol–water partition coefficient (Wildman–Crippen LogP) is 2.91. The average Bonchev–Trinajstić information content (AvgIpc) is 3.02. The van der Waals surface area contributed by atoms with Crippen LogP contribution in [-0.2, 0) is 23.1 Å². The predicted molar refractivity (Wildman–Crippen MR) is 106 cm³/mol. The van der Waals surface area contributed by atoms with E-state index in [1.54, 1.807) is 60.4 Å². The molecule has 0 bridgehead atoms. The standard InChI is InChI=1S/C21H19FN4O2/c1-26-21(15-4-7-17(22)8-5-15)16(13-24-26)6-11-20(28)25-18-9-2-14(3-10-18)12-19(23)27/h2-11,13H,12H2,1H3,(H2,23,27)(H,25,28)/b11-6+. The Morgan fingerprint density at radius 1 is 1.14 bits per heavy atom. The zero-order valence-electron chi connectivity index (χ0n) is 15.2. The lowest BCUT2D eigenvalue weighted by Crippen LogP contribution is -2.13. The minimum absolute atomic E-state index is 0.154. The number of nitrogens with zero attached hydrogens (tertiary/aromatic N) is 2. The van der Waals surface area contributed by atoms with Crippen LogP contribution in [0.1, 0.15) is 11.1 Å². The molecule has 2 aromatic carbocycles. The number of primary amides is 1. The fourth-order valence-electron chi connectivity index (χ4n) is 2.79. The summed E-state index contributed by atoms with van der Waals surface area (Å²) in [5, 5.41) is 6.96. The number of hydrogen-bond donors (Lipinski definition) is 2. The van der Waals surface area contributed by atoms with E-state index >= 15 is 0 Å². The molecule has 0 saturated heterocycles. The first-order valence-corrected chi connectivity index (χ1v) is 8.56. The molecule has 0 fully saturated rings. The van der Waals surface area contributed by atoms with E-state index in [9.17, 15) is 14.0 Å². The van der Waals surface area contributed by atoms with Crippen LogP contribution in [-0.4, -0.2) is 21.6 Å². The minimum atomic E-state index is -0.409. The van der Waals surface area contributed by atoms with E-state index < -0.39 is 5.91 Å². The molecule has 142 valence electrons. The molecule has 6 nitrogen and oxygen atoms in total. The molecule has 0 aliphatic heterocycles. The summed E-state index contributed by atoms with van der Waals surface area (Å²) in [5.41, 5.74) is 8.85. The molecule has 0 spiro atoms. The maximum atomic E-state index is 13.2. The normalized spacial score (nSPS) is 10.9. The second-order valence-electron chi connectivity index (χ2n) is 6.24. The van der Waals surface area contributed by atoms with Gasteiger partial charge in [-0.1, -0.05) is 12.1 Å². The monoisotopic (exact) mass is 378 g/mol. The first-order chi connectivity index (χ1) is 13.4. The molecule has 3 aromatic rings. The number of carbonyl (C=O) groups is 2. The van der Waals surface area contributed by atoms with Crippen LogP contribution in [0.2, 0.25) is 0 Å². The van der Waals surface area contributed by atoms with Gasteiger partial charge in [-0.15, -0.1) is 0 Å². The number of rotatable bonds is 6.